The van der Waals surface area contributed by atoms with Gasteiger partial charge in [-0.3, -0.25) is 9.59 Å². The first-order chi connectivity index (χ1) is 11.6. The Morgan fingerprint density at radius 1 is 0.958 bits per heavy atom. The molecule has 2 aromatic carbocycles. The van der Waals surface area contributed by atoms with Gasteiger partial charge in [0.1, 0.15) is 0 Å². The first-order valence-corrected chi connectivity index (χ1v) is 7.63. The van der Waals surface area contributed by atoms with E-state index in [1.165, 1.54) is 12.3 Å². The second-order valence-corrected chi connectivity index (χ2v) is 5.33. The van der Waals surface area contributed by atoms with Crippen LogP contribution in [0.25, 0.3) is 6.08 Å². The van der Waals surface area contributed by atoms with Crippen LogP contribution in [-0.4, -0.2) is 18.0 Å². The topological polar surface area (TPSA) is 70.6 Å². The number of hydrazone groups is 1. The van der Waals surface area contributed by atoms with Crippen molar-refractivity contribution in [3.05, 3.63) is 70.2 Å². The van der Waals surface area contributed by atoms with Gasteiger partial charge in [-0.15, -0.1) is 0 Å². The average Bonchev–Trinajstić information content (AvgIpc) is 2.59. The third-order valence-electron chi connectivity index (χ3n) is 2.82. The van der Waals surface area contributed by atoms with Crippen molar-refractivity contribution >= 4 is 53.0 Å². The van der Waals surface area contributed by atoms with Gasteiger partial charge in [-0.05, 0) is 23.8 Å². The predicted octanol–water partition coefficient (Wildman–Crippen LogP) is 3.75. The zero-order valence-electron chi connectivity index (χ0n) is 12.4. The summed E-state index contributed by atoms with van der Waals surface area (Å²) in [6, 6.07) is 14.3. The summed E-state index contributed by atoms with van der Waals surface area (Å²) in [5.74, 6) is -1.82. The lowest BCUT2D eigenvalue weighted by atomic mass is 10.2. The number of anilines is 1. The van der Waals surface area contributed by atoms with Crippen LogP contribution in [0, 0.1) is 0 Å². The Labute approximate surface area is 149 Å². The van der Waals surface area contributed by atoms with Crippen LogP contribution in [0.4, 0.5) is 5.69 Å². The van der Waals surface area contributed by atoms with Crippen molar-refractivity contribution in [1.82, 2.24) is 5.43 Å². The van der Waals surface area contributed by atoms with Gasteiger partial charge in [0.05, 0.1) is 15.7 Å². The minimum atomic E-state index is -0.921. The first kappa shape index (κ1) is 17.7. The molecule has 2 aromatic rings. The maximum atomic E-state index is 11.7. The lowest BCUT2D eigenvalue weighted by molar-refractivity contribution is -0.136. The summed E-state index contributed by atoms with van der Waals surface area (Å²) in [7, 11) is 0. The molecule has 0 aromatic heterocycles. The molecule has 122 valence electrons. The van der Waals surface area contributed by atoms with Crippen molar-refractivity contribution in [2.75, 3.05) is 5.32 Å². The fourth-order valence-electron chi connectivity index (χ4n) is 1.69. The molecule has 0 spiro atoms. The Morgan fingerprint density at radius 3 is 2.46 bits per heavy atom. The minimum absolute atomic E-state index is 0.162. The molecule has 0 fully saturated rings. The fraction of sp³-hybridized carbons (Fsp3) is 0. The molecule has 0 radical (unpaired) electrons. The third kappa shape index (κ3) is 5.22. The van der Waals surface area contributed by atoms with E-state index in [0.717, 1.165) is 5.56 Å². The lowest BCUT2D eigenvalue weighted by Crippen LogP contribution is -2.32. The van der Waals surface area contributed by atoms with Gasteiger partial charge >= 0.3 is 11.8 Å². The predicted molar refractivity (Wildman–Crippen MR) is 97.2 cm³/mol. The van der Waals surface area contributed by atoms with Gasteiger partial charge in [-0.25, -0.2) is 5.43 Å². The molecule has 2 amide bonds. The van der Waals surface area contributed by atoms with Gasteiger partial charge in [-0.1, -0.05) is 65.7 Å². The standard InChI is InChI=1S/C17H13Cl2N3O2/c18-13-9-4-10-14(15(13)19)21-16(23)17(24)22-20-11-5-8-12-6-2-1-3-7-12/h1-11H,(H,21,23)(H,22,24)/b8-5+,20-11+. The van der Waals surface area contributed by atoms with Gasteiger partial charge in [0, 0.05) is 6.21 Å². The Morgan fingerprint density at radius 2 is 1.71 bits per heavy atom. The molecule has 7 heteroatoms. The Bertz CT molecular complexity index is 790. The summed E-state index contributed by atoms with van der Waals surface area (Å²) in [6.07, 6.45) is 4.81. The van der Waals surface area contributed by atoms with E-state index >= 15 is 0 Å². The highest BCUT2D eigenvalue weighted by Gasteiger charge is 2.15. The number of nitrogens with one attached hydrogen (secondary N) is 2. The van der Waals surface area contributed by atoms with E-state index in [-0.39, 0.29) is 15.7 Å². The molecule has 2 N–H and O–H groups in total. The highest BCUT2D eigenvalue weighted by molar-refractivity contribution is 6.45. The molecule has 0 aliphatic heterocycles. The van der Waals surface area contributed by atoms with Crippen molar-refractivity contribution in [3.8, 4) is 0 Å². The van der Waals surface area contributed by atoms with Crippen LogP contribution >= 0.6 is 23.2 Å². The van der Waals surface area contributed by atoms with E-state index in [4.69, 9.17) is 23.2 Å². The zero-order valence-corrected chi connectivity index (χ0v) is 13.9. The van der Waals surface area contributed by atoms with Gasteiger partial charge in [0.15, 0.2) is 0 Å². The number of hydrogen-bond acceptors (Lipinski definition) is 3. The maximum Gasteiger partial charge on any atom is 0.329 e. The Balaban J connectivity index is 1.85. The summed E-state index contributed by atoms with van der Waals surface area (Å²) < 4.78 is 0. The average molecular weight is 362 g/mol. The summed E-state index contributed by atoms with van der Waals surface area (Å²) in [5.41, 5.74) is 3.35. The highest BCUT2D eigenvalue weighted by atomic mass is 35.5. The van der Waals surface area contributed by atoms with E-state index in [0.29, 0.717) is 0 Å². The molecule has 0 heterocycles. The number of halogens is 2. The quantitative estimate of drug-likeness (QED) is 0.494. The molecule has 0 saturated heterocycles. The van der Waals surface area contributed by atoms with E-state index in [9.17, 15) is 9.59 Å². The van der Waals surface area contributed by atoms with E-state index in [1.54, 1.807) is 18.2 Å². The molecule has 0 saturated carbocycles. The van der Waals surface area contributed by atoms with E-state index in [1.807, 2.05) is 36.4 Å². The van der Waals surface area contributed by atoms with Crippen molar-refractivity contribution in [1.29, 1.82) is 0 Å². The summed E-state index contributed by atoms with van der Waals surface area (Å²) in [6.45, 7) is 0. The van der Waals surface area contributed by atoms with Crippen LogP contribution in [0.15, 0.2) is 59.7 Å². The summed E-state index contributed by atoms with van der Waals surface area (Å²) in [5, 5.41) is 6.45. The van der Waals surface area contributed by atoms with Crippen molar-refractivity contribution < 1.29 is 9.59 Å². The van der Waals surface area contributed by atoms with Gasteiger partial charge in [-0.2, -0.15) is 5.10 Å². The van der Waals surface area contributed by atoms with Crippen LogP contribution in [0.2, 0.25) is 10.0 Å². The van der Waals surface area contributed by atoms with E-state index < -0.39 is 11.8 Å². The molecule has 5 nitrogen and oxygen atoms in total. The molecule has 2 rings (SSSR count). The number of amides is 2. The van der Waals surface area contributed by atoms with Crippen LogP contribution in [0.5, 0.6) is 0 Å². The van der Waals surface area contributed by atoms with Crippen LogP contribution in [0.1, 0.15) is 5.56 Å². The number of nitrogens with zero attached hydrogens (tertiary/aromatic N) is 1. The first-order valence-electron chi connectivity index (χ1n) is 6.88. The second kappa shape index (κ2) is 8.86. The van der Waals surface area contributed by atoms with Gasteiger partial charge in [0.2, 0.25) is 0 Å². The highest BCUT2D eigenvalue weighted by Crippen LogP contribution is 2.29. The molecule has 0 unspecified atom stereocenters. The molecule has 0 aliphatic rings. The number of carbonyl (C=O) groups excluding carboxylic acids is 2. The minimum Gasteiger partial charge on any atom is -0.316 e. The van der Waals surface area contributed by atoms with Crippen molar-refractivity contribution in [3.63, 3.8) is 0 Å². The number of hydrogen-bond donors (Lipinski definition) is 2. The monoisotopic (exact) mass is 361 g/mol. The van der Waals surface area contributed by atoms with Crippen molar-refractivity contribution in [2.24, 2.45) is 5.10 Å². The molecule has 0 atom stereocenters. The van der Waals surface area contributed by atoms with Gasteiger partial charge in [0.25, 0.3) is 0 Å². The van der Waals surface area contributed by atoms with Crippen molar-refractivity contribution in [2.45, 2.75) is 0 Å². The molecule has 0 aliphatic carbocycles. The summed E-state index contributed by atoms with van der Waals surface area (Å²) in [4.78, 5) is 23.4. The largest absolute Gasteiger partial charge is 0.329 e. The third-order valence-corrected chi connectivity index (χ3v) is 3.64. The molecular formula is C17H13Cl2N3O2. The number of allylic oxidation sites excluding steroid dienone is 1. The SMILES string of the molecule is O=C(N/N=C/C=C/c1ccccc1)C(=O)Nc1cccc(Cl)c1Cl. The normalized spacial score (nSPS) is 10.9. The van der Waals surface area contributed by atoms with Crippen LogP contribution < -0.4 is 10.7 Å². The molecule has 24 heavy (non-hydrogen) atoms. The summed E-state index contributed by atoms with van der Waals surface area (Å²) >= 11 is 11.8. The number of rotatable bonds is 4. The zero-order chi connectivity index (χ0) is 17.4. The van der Waals surface area contributed by atoms with Gasteiger partial charge < -0.3 is 5.32 Å². The fourth-order valence-corrected chi connectivity index (χ4v) is 2.04. The number of carbonyl (C=O) groups is 2. The Hall–Kier alpha value is -2.63. The smallest absolute Gasteiger partial charge is 0.316 e. The van der Waals surface area contributed by atoms with Crippen LogP contribution in [-0.2, 0) is 9.59 Å². The van der Waals surface area contributed by atoms with Crippen LogP contribution in [0.3, 0.4) is 0 Å². The maximum absolute atomic E-state index is 11.7. The lowest BCUT2D eigenvalue weighted by Gasteiger charge is -2.06. The number of benzene rings is 2. The Kier molecular flexibility index (Phi) is 6.54. The second-order valence-electron chi connectivity index (χ2n) is 4.54. The van der Waals surface area contributed by atoms with E-state index in [2.05, 4.69) is 15.8 Å². The molecule has 0 bridgehead atoms. The molecular weight excluding hydrogens is 349 g/mol.